The number of hydrogen-bond donors (Lipinski definition) is 2. The van der Waals surface area contributed by atoms with Gasteiger partial charge in [0.2, 0.25) is 0 Å². The second kappa shape index (κ2) is 8.06. The van der Waals surface area contributed by atoms with E-state index in [9.17, 15) is 18.8 Å². The zero-order valence-electron chi connectivity index (χ0n) is 16.7. The summed E-state index contributed by atoms with van der Waals surface area (Å²) in [5, 5.41) is 3.32. The van der Waals surface area contributed by atoms with Crippen LogP contribution in [0, 0.1) is 5.82 Å². The second-order valence-corrected chi connectivity index (χ2v) is 7.50. The largest absolute Gasteiger partial charge is 0.451 e. The summed E-state index contributed by atoms with van der Waals surface area (Å²) in [5.74, 6) is -1.41. The quantitative estimate of drug-likeness (QED) is 0.594. The number of amides is 4. The number of hydrazine groups is 1. The van der Waals surface area contributed by atoms with Gasteiger partial charge in [-0.1, -0.05) is 30.3 Å². The fraction of sp³-hybridized carbons (Fsp3) is 0.174. The number of urea groups is 1. The molecule has 2 N–H and O–H groups in total. The van der Waals surface area contributed by atoms with Crippen LogP contribution < -0.4 is 10.7 Å². The number of halogens is 1. The summed E-state index contributed by atoms with van der Waals surface area (Å²) in [6, 6.07) is 17.5. The first-order valence-corrected chi connectivity index (χ1v) is 9.73. The monoisotopic (exact) mass is 421 g/mol. The molecule has 8 heteroatoms. The van der Waals surface area contributed by atoms with Crippen molar-refractivity contribution in [3.05, 3.63) is 83.9 Å². The van der Waals surface area contributed by atoms with Crippen molar-refractivity contribution in [1.29, 1.82) is 0 Å². The van der Waals surface area contributed by atoms with Crippen molar-refractivity contribution < 1.29 is 23.2 Å². The van der Waals surface area contributed by atoms with Crippen LogP contribution in [0.2, 0.25) is 0 Å². The van der Waals surface area contributed by atoms with Gasteiger partial charge < -0.3 is 9.73 Å². The van der Waals surface area contributed by atoms with Crippen LogP contribution in [0.15, 0.2) is 71.1 Å². The van der Waals surface area contributed by atoms with Gasteiger partial charge in [-0.3, -0.25) is 9.59 Å². The van der Waals surface area contributed by atoms with Crippen molar-refractivity contribution in [2.45, 2.75) is 25.3 Å². The molecule has 1 saturated heterocycles. The highest BCUT2D eigenvalue weighted by Crippen LogP contribution is 2.24. The fourth-order valence-electron chi connectivity index (χ4n) is 3.38. The molecule has 158 valence electrons. The molecular formula is C23H20FN3O4. The Morgan fingerprint density at radius 1 is 1.06 bits per heavy atom. The van der Waals surface area contributed by atoms with E-state index in [0.717, 1.165) is 5.56 Å². The molecule has 0 saturated carbocycles. The van der Waals surface area contributed by atoms with Crippen LogP contribution in [0.25, 0.3) is 11.3 Å². The number of nitrogens with one attached hydrogen (secondary N) is 2. The van der Waals surface area contributed by atoms with Crippen molar-refractivity contribution in [2.24, 2.45) is 0 Å². The summed E-state index contributed by atoms with van der Waals surface area (Å²) in [7, 11) is 0. The molecule has 0 radical (unpaired) electrons. The normalized spacial score (nSPS) is 18.2. The predicted molar refractivity (Wildman–Crippen MR) is 110 cm³/mol. The van der Waals surface area contributed by atoms with Gasteiger partial charge in [0, 0.05) is 5.56 Å². The fourth-order valence-corrected chi connectivity index (χ4v) is 3.38. The van der Waals surface area contributed by atoms with Crippen molar-refractivity contribution in [1.82, 2.24) is 15.8 Å². The SMILES string of the molecule is CC1(CCc2ccccc2)NC(=O)N(NC(=O)c2ccc(-c3ccc(F)cc3)o2)C1=O. The van der Waals surface area contributed by atoms with Gasteiger partial charge in [0.15, 0.2) is 5.76 Å². The molecule has 1 aliphatic heterocycles. The summed E-state index contributed by atoms with van der Waals surface area (Å²) in [6.07, 6.45) is 0.966. The van der Waals surface area contributed by atoms with Gasteiger partial charge in [-0.25, -0.2) is 14.6 Å². The number of benzene rings is 2. The van der Waals surface area contributed by atoms with Gasteiger partial charge in [0.1, 0.15) is 17.1 Å². The average molecular weight is 421 g/mol. The van der Waals surface area contributed by atoms with Crippen molar-refractivity contribution >= 4 is 17.8 Å². The molecule has 2 heterocycles. The maximum atomic E-state index is 13.1. The van der Waals surface area contributed by atoms with Gasteiger partial charge in [0.25, 0.3) is 5.91 Å². The Hall–Kier alpha value is -3.94. The summed E-state index contributed by atoms with van der Waals surface area (Å²) in [4.78, 5) is 37.7. The second-order valence-electron chi connectivity index (χ2n) is 7.50. The highest BCUT2D eigenvalue weighted by Gasteiger charge is 2.48. The molecule has 31 heavy (non-hydrogen) atoms. The molecule has 1 aliphatic rings. The summed E-state index contributed by atoms with van der Waals surface area (Å²) in [6.45, 7) is 1.63. The Kier molecular flexibility index (Phi) is 5.29. The molecule has 3 aromatic rings. The molecule has 1 fully saturated rings. The van der Waals surface area contributed by atoms with Crippen LogP contribution in [0.5, 0.6) is 0 Å². The van der Waals surface area contributed by atoms with E-state index in [2.05, 4.69) is 10.7 Å². The Morgan fingerprint density at radius 3 is 2.48 bits per heavy atom. The minimum Gasteiger partial charge on any atom is -0.451 e. The Balaban J connectivity index is 1.43. The number of furan rings is 1. The molecule has 0 bridgehead atoms. The molecule has 0 spiro atoms. The van der Waals surface area contributed by atoms with Crippen LogP contribution in [-0.4, -0.2) is 28.4 Å². The smallest absolute Gasteiger partial charge is 0.344 e. The average Bonchev–Trinajstić information content (AvgIpc) is 3.34. The first kappa shape index (κ1) is 20.3. The zero-order chi connectivity index (χ0) is 22.0. The molecule has 4 amide bonds. The van der Waals surface area contributed by atoms with Gasteiger partial charge >= 0.3 is 11.9 Å². The van der Waals surface area contributed by atoms with E-state index in [0.29, 0.717) is 29.2 Å². The summed E-state index contributed by atoms with van der Waals surface area (Å²) in [5.41, 5.74) is 2.79. The molecular weight excluding hydrogens is 401 g/mol. The number of rotatable bonds is 6. The van der Waals surface area contributed by atoms with Crippen LogP contribution in [0.1, 0.15) is 29.5 Å². The van der Waals surface area contributed by atoms with Crippen LogP contribution in [0.3, 0.4) is 0 Å². The van der Waals surface area contributed by atoms with E-state index in [-0.39, 0.29) is 11.6 Å². The first-order valence-electron chi connectivity index (χ1n) is 9.73. The van der Waals surface area contributed by atoms with E-state index in [1.165, 1.54) is 30.3 Å². The van der Waals surface area contributed by atoms with Crippen molar-refractivity contribution in [3.63, 3.8) is 0 Å². The first-order chi connectivity index (χ1) is 14.9. The lowest BCUT2D eigenvalue weighted by Crippen LogP contribution is -2.48. The Morgan fingerprint density at radius 2 is 1.77 bits per heavy atom. The van der Waals surface area contributed by atoms with Gasteiger partial charge in [-0.05, 0) is 61.7 Å². The number of aryl methyl sites for hydroxylation is 1. The Labute approximate surface area is 177 Å². The minimum atomic E-state index is -1.14. The molecule has 1 atom stereocenters. The van der Waals surface area contributed by atoms with Crippen molar-refractivity contribution in [3.8, 4) is 11.3 Å². The lowest BCUT2D eigenvalue weighted by molar-refractivity contribution is -0.132. The van der Waals surface area contributed by atoms with Crippen LogP contribution >= 0.6 is 0 Å². The van der Waals surface area contributed by atoms with Crippen molar-refractivity contribution in [2.75, 3.05) is 0 Å². The predicted octanol–water partition coefficient (Wildman–Crippen LogP) is 3.67. The molecule has 7 nitrogen and oxygen atoms in total. The third-order valence-corrected chi connectivity index (χ3v) is 5.19. The maximum absolute atomic E-state index is 13.1. The molecule has 2 aromatic carbocycles. The third kappa shape index (κ3) is 4.18. The van der Waals surface area contributed by atoms with Gasteiger partial charge in [-0.15, -0.1) is 0 Å². The van der Waals surface area contributed by atoms with Crippen LogP contribution in [0.4, 0.5) is 9.18 Å². The van der Waals surface area contributed by atoms with E-state index in [4.69, 9.17) is 4.42 Å². The number of carbonyl (C=O) groups excluding carboxylic acids is 3. The lowest BCUT2D eigenvalue weighted by atomic mass is 9.93. The number of nitrogens with zero attached hydrogens (tertiary/aromatic N) is 1. The van der Waals surface area contributed by atoms with E-state index in [1.54, 1.807) is 13.0 Å². The number of imide groups is 1. The van der Waals surface area contributed by atoms with Gasteiger partial charge in [-0.2, -0.15) is 5.01 Å². The van der Waals surface area contributed by atoms with E-state index >= 15 is 0 Å². The lowest BCUT2D eigenvalue weighted by Gasteiger charge is -2.21. The topological polar surface area (TPSA) is 91.7 Å². The molecule has 1 unspecified atom stereocenters. The number of hydrogen-bond acceptors (Lipinski definition) is 4. The minimum absolute atomic E-state index is 0.0854. The summed E-state index contributed by atoms with van der Waals surface area (Å²) >= 11 is 0. The standard InChI is InChI=1S/C23H20FN3O4/c1-23(14-13-15-5-3-2-4-6-15)21(29)27(22(30)25-23)26-20(28)19-12-11-18(31-19)16-7-9-17(24)10-8-16/h2-12H,13-14H2,1H3,(H,25,30)(H,26,28). The molecule has 4 rings (SSSR count). The maximum Gasteiger partial charge on any atom is 0.344 e. The molecule has 0 aliphatic carbocycles. The Bertz CT molecular complexity index is 1130. The third-order valence-electron chi connectivity index (χ3n) is 5.19. The van der Waals surface area contributed by atoms with Crippen LogP contribution in [-0.2, 0) is 11.2 Å². The van der Waals surface area contributed by atoms with Gasteiger partial charge in [0.05, 0.1) is 0 Å². The zero-order valence-corrected chi connectivity index (χ0v) is 16.7. The van der Waals surface area contributed by atoms with E-state index < -0.39 is 23.4 Å². The highest BCUT2D eigenvalue weighted by molar-refractivity contribution is 6.08. The van der Waals surface area contributed by atoms with E-state index in [1.807, 2.05) is 30.3 Å². The molecule has 1 aromatic heterocycles. The number of carbonyl (C=O) groups is 3. The summed E-state index contributed by atoms with van der Waals surface area (Å²) < 4.78 is 18.6. The highest BCUT2D eigenvalue weighted by atomic mass is 19.1.